The van der Waals surface area contributed by atoms with Crippen LogP contribution in [0.5, 0.6) is 0 Å². The molecule has 0 N–H and O–H groups in total. The van der Waals surface area contributed by atoms with Gasteiger partial charge in [-0.3, -0.25) is 14.4 Å². The highest BCUT2D eigenvalue weighted by molar-refractivity contribution is 6.04. The Morgan fingerprint density at radius 3 is 1.91 bits per heavy atom. The average Bonchev–Trinajstić information content (AvgIpc) is 3.70. The molecule has 0 heterocycles. The second-order valence-electron chi connectivity index (χ2n) is 14.7. The van der Waals surface area contributed by atoms with Gasteiger partial charge in [-0.25, -0.2) is 0 Å². The van der Waals surface area contributed by atoms with E-state index < -0.39 is 0 Å². The second kappa shape index (κ2) is 15.7. The molecule has 3 heteroatoms. The Morgan fingerprint density at radius 1 is 0.787 bits per heavy atom. The van der Waals surface area contributed by atoms with Crippen LogP contribution in [0, 0.1) is 24.7 Å². The molecule has 3 aliphatic rings. The van der Waals surface area contributed by atoms with Gasteiger partial charge < -0.3 is 0 Å². The van der Waals surface area contributed by atoms with E-state index in [4.69, 9.17) is 0 Å². The van der Waals surface area contributed by atoms with Crippen LogP contribution in [0.4, 0.5) is 0 Å². The Labute approximate surface area is 284 Å². The van der Waals surface area contributed by atoms with Crippen LogP contribution in [0.2, 0.25) is 0 Å². The van der Waals surface area contributed by atoms with Gasteiger partial charge in [-0.2, -0.15) is 0 Å². The van der Waals surface area contributed by atoms with Crippen molar-refractivity contribution in [3.05, 3.63) is 81.4 Å². The summed E-state index contributed by atoms with van der Waals surface area (Å²) in [6.07, 6.45) is 13.2. The van der Waals surface area contributed by atoms with Crippen LogP contribution in [0.1, 0.15) is 136 Å². The molecule has 6 rings (SSSR count). The molecule has 0 saturated heterocycles. The predicted molar refractivity (Wildman–Crippen MR) is 195 cm³/mol. The van der Waals surface area contributed by atoms with Crippen molar-refractivity contribution in [3.63, 3.8) is 0 Å². The first-order valence-corrected chi connectivity index (χ1v) is 18.6. The molecule has 0 bridgehead atoms. The van der Waals surface area contributed by atoms with Gasteiger partial charge in [0.15, 0.2) is 5.78 Å². The standard InChI is InChI=1S/C41H48O3.C3H8/c1-5-9-32(35(6-2)39(43)18-25(3)42)19-27-20-38-37(34-17-15-29-11-8-13-31(29)23-34)24-36(26(4)41(38)40(44)21-27)33-16-14-28-10-7-12-30(28)22-33;1-3-2/h14-17,22-24,27,32,35H,5-13,18-21H2,1-4H3;3H2,1-2H3. The zero-order chi connectivity index (χ0) is 33.7. The molecule has 47 heavy (non-hydrogen) atoms. The van der Waals surface area contributed by atoms with Gasteiger partial charge in [0, 0.05) is 17.9 Å². The normalized spacial score (nSPS) is 17.7. The summed E-state index contributed by atoms with van der Waals surface area (Å²) in [6.45, 7) is 12.2. The number of hydrogen-bond donors (Lipinski definition) is 0. The lowest BCUT2D eigenvalue weighted by molar-refractivity contribution is -0.129. The molecule has 0 aliphatic heterocycles. The van der Waals surface area contributed by atoms with Crippen molar-refractivity contribution >= 4 is 17.3 Å². The number of carbonyl (C=O) groups is 3. The highest BCUT2D eigenvalue weighted by Gasteiger charge is 2.35. The lowest BCUT2D eigenvalue weighted by Gasteiger charge is -2.33. The number of benzene rings is 3. The molecule has 0 saturated carbocycles. The number of rotatable bonds is 11. The van der Waals surface area contributed by atoms with Crippen LogP contribution < -0.4 is 0 Å². The summed E-state index contributed by atoms with van der Waals surface area (Å²) in [5, 5.41) is 0. The third-order valence-electron chi connectivity index (χ3n) is 10.9. The monoisotopic (exact) mass is 632 g/mol. The fourth-order valence-corrected chi connectivity index (χ4v) is 8.84. The summed E-state index contributed by atoms with van der Waals surface area (Å²) in [5.74, 6) is 0.553. The van der Waals surface area contributed by atoms with Crippen molar-refractivity contribution in [2.75, 3.05) is 0 Å². The van der Waals surface area contributed by atoms with Crippen molar-refractivity contribution in [2.45, 2.75) is 131 Å². The van der Waals surface area contributed by atoms with E-state index in [9.17, 15) is 14.4 Å². The lowest BCUT2D eigenvalue weighted by atomic mass is 9.70. The van der Waals surface area contributed by atoms with E-state index in [2.05, 4.69) is 77.1 Å². The lowest BCUT2D eigenvalue weighted by Crippen LogP contribution is -2.30. The zero-order valence-corrected chi connectivity index (χ0v) is 29.9. The zero-order valence-electron chi connectivity index (χ0n) is 29.9. The first-order valence-electron chi connectivity index (χ1n) is 18.6. The Balaban J connectivity index is 0.00000139. The topological polar surface area (TPSA) is 51.2 Å². The fraction of sp³-hybridized carbons (Fsp3) is 0.523. The van der Waals surface area contributed by atoms with Crippen molar-refractivity contribution in [2.24, 2.45) is 17.8 Å². The minimum absolute atomic E-state index is 0.0261. The van der Waals surface area contributed by atoms with Gasteiger partial charge in [0.05, 0.1) is 6.42 Å². The van der Waals surface area contributed by atoms with Gasteiger partial charge in [-0.15, -0.1) is 0 Å². The number of fused-ring (bicyclic) bond motifs is 3. The van der Waals surface area contributed by atoms with Gasteiger partial charge in [0.25, 0.3) is 0 Å². The molecule has 0 fully saturated rings. The van der Waals surface area contributed by atoms with Crippen LogP contribution >= 0.6 is 0 Å². The van der Waals surface area contributed by atoms with E-state index >= 15 is 0 Å². The molecule has 3 unspecified atom stereocenters. The molecule has 0 aromatic heterocycles. The van der Waals surface area contributed by atoms with Crippen molar-refractivity contribution in [3.8, 4) is 22.3 Å². The molecule has 3 aromatic rings. The molecule has 3 atom stereocenters. The minimum Gasteiger partial charge on any atom is -0.300 e. The number of Topliss-reactive ketones (excluding diaryl/α,β-unsaturated/α-hetero) is 3. The van der Waals surface area contributed by atoms with Gasteiger partial charge in [-0.1, -0.05) is 83.4 Å². The third kappa shape index (κ3) is 7.71. The van der Waals surface area contributed by atoms with Crippen LogP contribution in [0.3, 0.4) is 0 Å². The van der Waals surface area contributed by atoms with Crippen molar-refractivity contribution in [1.29, 1.82) is 0 Å². The second-order valence-corrected chi connectivity index (χ2v) is 14.7. The largest absolute Gasteiger partial charge is 0.300 e. The first-order chi connectivity index (χ1) is 22.7. The van der Waals surface area contributed by atoms with Gasteiger partial charge in [0.2, 0.25) is 0 Å². The maximum absolute atomic E-state index is 14.2. The summed E-state index contributed by atoms with van der Waals surface area (Å²) in [7, 11) is 0. The first kappa shape index (κ1) is 35.0. The molecule has 0 spiro atoms. The van der Waals surface area contributed by atoms with Crippen LogP contribution in [0.15, 0.2) is 42.5 Å². The molecular weight excluding hydrogens is 576 g/mol. The highest BCUT2D eigenvalue weighted by Crippen LogP contribution is 2.44. The maximum Gasteiger partial charge on any atom is 0.163 e. The number of ketones is 3. The summed E-state index contributed by atoms with van der Waals surface area (Å²) < 4.78 is 0. The minimum atomic E-state index is -0.115. The van der Waals surface area contributed by atoms with Crippen LogP contribution in [-0.2, 0) is 41.7 Å². The quantitative estimate of drug-likeness (QED) is 0.198. The Morgan fingerprint density at radius 2 is 1.36 bits per heavy atom. The predicted octanol–water partition coefficient (Wildman–Crippen LogP) is 10.8. The molecule has 0 amide bonds. The Kier molecular flexibility index (Phi) is 11.7. The summed E-state index contributed by atoms with van der Waals surface area (Å²) in [5.41, 5.74) is 13.9. The molecular formula is C44H56O3. The van der Waals surface area contributed by atoms with Gasteiger partial charge >= 0.3 is 0 Å². The summed E-state index contributed by atoms with van der Waals surface area (Å²) >= 11 is 0. The number of carbonyl (C=O) groups excluding carboxylic acids is 3. The van der Waals surface area contributed by atoms with Gasteiger partial charge in [0.1, 0.15) is 11.6 Å². The van der Waals surface area contributed by atoms with Crippen LogP contribution in [-0.4, -0.2) is 17.3 Å². The summed E-state index contributed by atoms with van der Waals surface area (Å²) in [4.78, 5) is 39.2. The molecule has 3 aliphatic carbocycles. The van der Waals surface area contributed by atoms with Crippen molar-refractivity contribution < 1.29 is 14.4 Å². The molecule has 3 nitrogen and oxygen atoms in total. The van der Waals surface area contributed by atoms with Gasteiger partial charge in [-0.05, 0) is 145 Å². The maximum atomic E-state index is 14.2. The van der Waals surface area contributed by atoms with E-state index in [0.717, 1.165) is 68.9 Å². The average molecular weight is 633 g/mol. The highest BCUT2D eigenvalue weighted by atomic mass is 16.1. The summed E-state index contributed by atoms with van der Waals surface area (Å²) in [6, 6.07) is 16.3. The number of aryl methyl sites for hydroxylation is 4. The van der Waals surface area contributed by atoms with E-state index in [1.54, 1.807) is 0 Å². The van der Waals surface area contributed by atoms with Crippen molar-refractivity contribution in [1.82, 2.24) is 0 Å². The number of hydrogen-bond acceptors (Lipinski definition) is 3. The molecule has 3 aromatic carbocycles. The van der Waals surface area contributed by atoms with E-state index in [0.29, 0.717) is 6.42 Å². The Hall–Kier alpha value is -3.33. The Bertz CT molecular complexity index is 1630. The SMILES string of the molecule is CCC.CCCC(CC1CC(=O)c2c(C)c(-c3ccc4c(c3)CCC4)cc(-c3ccc4c(c3)CCC4)c2C1)C(CC)C(=O)CC(C)=O. The molecule has 250 valence electrons. The van der Waals surface area contributed by atoms with E-state index in [-0.39, 0.29) is 41.5 Å². The van der Waals surface area contributed by atoms with E-state index in [1.165, 1.54) is 76.3 Å². The third-order valence-corrected chi connectivity index (χ3v) is 10.9. The smallest absolute Gasteiger partial charge is 0.163 e. The molecule has 0 radical (unpaired) electrons. The fourth-order valence-electron chi connectivity index (χ4n) is 8.84. The van der Waals surface area contributed by atoms with Crippen LogP contribution in [0.25, 0.3) is 22.3 Å². The van der Waals surface area contributed by atoms with E-state index in [1.807, 2.05) is 0 Å².